The molecule has 0 radical (unpaired) electrons. The number of benzene rings is 4. The summed E-state index contributed by atoms with van der Waals surface area (Å²) in [5, 5.41) is 11.2. The Morgan fingerprint density at radius 2 is 1.52 bits per heavy atom. The Morgan fingerprint density at radius 3 is 2.23 bits per heavy atom. The predicted octanol–water partition coefficient (Wildman–Crippen LogP) is 7.51. The highest BCUT2D eigenvalue weighted by Crippen LogP contribution is 2.26. The number of ether oxygens (including phenoxy) is 1. The van der Waals surface area contributed by atoms with Crippen molar-refractivity contribution >= 4 is 46.5 Å². The number of aromatic nitrogens is 2. The second kappa shape index (κ2) is 12.8. The fourth-order valence-corrected chi connectivity index (χ4v) is 4.79. The molecule has 1 aromatic heterocycles. The summed E-state index contributed by atoms with van der Waals surface area (Å²) in [5.74, 6) is -0.645. The Bertz CT molecular complexity index is 1820. The van der Waals surface area contributed by atoms with E-state index in [0.717, 1.165) is 22.2 Å². The molecule has 222 valence electrons. The minimum Gasteiger partial charge on any atom is -0.444 e. The number of carbonyl (C=O) groups excluding carboxylic acids is 3. The molecule has 2 amide bonds. The number of rotatable bonds is 8. The first kappa shape index (κ1) is 30.0. The molecule has 0 saturated heterocycles. The number of hydrogen-bond acceptors (Lipinski definition) is 5. The third-order valence-corrected chi connectivity index (χ3v) is 6.91. The van der Waals surface area contributed by atoms with Gasteiger partial charge in [-0.1, -0.05) is 84.9 Å². The SMILES string of the molecule is CN(C(=O)OC(C)(C)C)C(C(=O)Nc1cccc(C(=O)c2ccc3c(/C=C/c4ccccc4)n[nH]c3c2)c1)c1ccccc1. The van der Waals surface area contributed by atoms with Crippen LogP contribution in [0.25, 0.3) is 23.1 Å². The van der Waals surface area contributed by atoms with E-state index in [-0.39, 0.29) is 5.78 Å². The van der Waals surface area contributed by atoms with Gasteiger partial charge in [-0.05, 0) is 62.2 Å². The highest BCUT2D eigenvalue weighted by atomic mass is 16.6. The van der Waals surface area contributed by atoms with E-state index in [9.17, 15) is 14.4 Å². The van der Waals surface area contributed by atoms with Gasteiger partial charge in [0.1, 0.15) is 11.6 Å². The molecule has 4 aromatic carbocycles. The van der Waals surface area contributed by atoms with E-state index in [4.69, 9.17) is 4.74 Å². The predicted molar refractivity (Wildman–Crippen MR) is 173 cm³/mol. The number of nitrogens with zero attached hydrogens (tertiary/aromatic N) is 2. The summed E-state index contributed by atoms with van der Waals surface area (Å²) in [5.41, 5.74) is 3.79. The largest absolute Gasteiger partial charge is 0.444 e. The molecule has 2 N–H and O–H groups in total. The maximum atomic E-state index is 13.6. The number of hydrogen-bond donors (Lipinski definition) is 2. The summed E-state index contributed by atoms with van der Waals surface area (Å²) in [6.45, 7) is 5.31. The molecule has 0 aliphatic heterocycles. The highest BCUT2D eigenvalue weighted by molar-refractivity contribution is 6.11. The number of likely N-dealkylation sites (N-methyl/N-ethyl adjacent to an activating group) is 1. The summed E-state index contributed by atoms with van der Waals surface area (Å²) < 4.78 is 5.52. The van der Waals surface area contributed by atoms with E-state index in [2.05, 4.69) is 15.5 Å². The number of H-pyrrole nitrogens is 1. The molecule has 8 nitrogen and oxygen atoms in total. The van der Waals surface area contributed by atoms with Crippen LogP contribution >= 0.6 is 0 Å². The van der Waals surface area contributed by atoms with E-state index >= 15 is 0 Å². The molecular formula is C36H34N4O4. The van der Waals surface area contributed by atoms with Crippen molar-refractivity contribution in [2.24, 2.45) is 0 Å². The maximum absolute atomic E-state index is 13.6. The number of amides is 2. The van der Waals surface area contributed by atoms with Crippen molar-refractivity contribution in [2.75, 3.05) is 12.4 Å². The van der Waals surface area contributed by atoms with Crippen LogP contribution in [0.4, 0.5) is 10.5 Å². The number of anilines is 1. The van der Waals surface area contributed by atoms with Crippen LogP contribution in [-0.2, 0) is 9.53 Å². The van der Waals surface area contributed by atoms with Gasteiger partial charge in [0.2, 0.25) is 0 Å². The third-order valence-electron chi connectivity index (χ3n) is 6.91. The van der Waals surface area contributed by atoms with Gasteiger partial charge in [-0.25, -0.2) is 4.79 Å². The van der Waals surface area contributed by atoms with Gasteiger partial charge < -0.3 is 10.1 Å². The fraction of sp³-hybridized carbons (Fsp3) is 0.167. The molecule has 8 heteroatoms. The van der Waals surface area contributed by atoms with Gasteiger partial charge >= 0.3 is 6.09 Å². The molecule has 0 saturated carbocycles. The topological polar surface area (TPSA) is 104 Å². The second-order valence-corrected chi connectivity index (χ2v) is 11.4. The van der Waals surface area contributed by atoms with E-state index < -0.39 is 23.6 Å². The standard InChI is InChI=1S/C36H34N4O4/c1-36(2,3)44-35(43)40(4)32(25-14-9-6-10-15-25)34(42)37-28-17-11-16-26(22-28)33(41)27-19-20-29-30(38-39-31(29)23-27)21-18-24-12-7-5-8-13-24/h5-23,32H,1-4H3,(H,37,42)(H,38,39)/b21-18+. The van der Waals surface area contributed by atoms with E-state index in [1.165, 1.54) is 11.9 Å². The zero-order valence-electron chi connectivity index (χ0n) is 25.1. The number of carbonyl (C=O) groups is 3. The Hall–Kier alpha value is -5.50. The highest BCUT2D eigenvalue weighted by Gasteiger charge is 2.31. The lowest BCUT2D eigenvalue weighted by molar-refractivity contribution is -0.121. The summed E-state index contributed by atoms with van der Waals surface area (Å²) >= 11 is 0. The van der Waals surface area contributed by atoms with Crippen molar-refractivity contribution in [3.63, 3.8) is 0 Å². The molecule has 44 heavy (non-hydrogen) atoms. The Kier molecular flexibility index (Phi) is 8.71. The van der Waals surface area contributed by atoms with Crippen LogP contribution in [-0.4, -0.2) is 45.5 Å². The van der Waals surface area contributed by atoms with Crippen molar-refractivity contribution in [3.8, 4) is 0 Å². The lowest BCUT2D eigenvalue weighted by Crippen LogP contribution is -2.41. The molecule has 0 aliphatic carbocycles. The lowest BCUT2D eigenvalue weighted by atomic mass is 10.0. The van der Waals surface area contributed by atoms with Crippen molar-refractivity contribution < 1.29 is 19.1 Å². The first-order valence-electron chi connectivity index (χ1n) is 14.3. The molecule has 0 fully saturated rings. The van der Waals surface area contributed by atoms with E-state index in [1.807, 2.05) is 54.6 Å². The quantitative estimate of drug-likeness (QED) is 0.183. The van der Waals surface area contributed by atoms with Crippen LogP contribution in [0.3, 0.4) is 0 Å². The van der Waals surface area contributed by atoms with Crippen LogP contribution in [0.2, 0.25) is 0 Å². The summed E-state index contributed by atoms with van der Waals surface area (Å²) in [6.07, 6.45) is 3.30. The average molecular weight is 587 g/mol. The van der Waals surface area contributed by atoms with Crippen LogP contribution in [0, 0.1) is 0 Å². The van der Waals surface area contributed by atoms with Crippen LogP contribution in [0.15, 0.2) is 103 Å². The number of nitrogens with one attached hydrogen (secondary N) is 2. The number of aromatic amines is 1. The zero-order valence-corrected chi connectivity index (χ0v) is 25.1. The summed E-state index contributed by atoms with van der Waals surface area (Å²) in [4.78, 5) is 41.3. The molecule has 0 bridgehead atoms. The molecule has 5 aromatic rings. The summed E-state index contributed by atoms with van der Waals surface area (Å²) in [6, 6.07) is 30.1. The number of ketones is 1. The average Bonchev–Trinajstić information content (AvgIpc) is 3.42. The molecule has 5 rings (SSSR count). The minimum absolute atomic E-state index is 0.204. The third kappa shape index (κ3) is 7.10. The number of fused-ring (bicyclic) bond motifs is 1. The van der Waals surface area contributed by atoms with Crippen molar-refractivity contribution in [1.29, 1.82) is 0 Å². The molecule has 0 spiro atoms. The monoisotopic (exact) mass is 586 g/mol. The van der Waals surface area contributed by atoms with Crippen molar-refractivity contribution in [3.05, 3.63) is 131 Å². The van der Waals surface area contributed by atoms with Gasteiger partial charge in [-0.15, -0.1) is 0 Å². The van der Waals surface area contributed by atoms with Gasteiger partial charge in [-0.3, -0.25) is 19.6 Å². The maximum Gasteiger partial charge on any atom is 0.410 e. The Morgan fingerprint density at radius 1 is 0.841 bits per heavy atom. The normalized spacial score (nSPS) is 12.2. The Balaban J connectivity index is 1.35. The molecule has 1 atom stereocenters. The fourth-order valence-electron chi connectivity index (χ4n) is 4.79. The minimum atomic E-state index is -0.960. The van der Waals surface area contributed by atoms with Gasteiger partial charge in [-0.2, -0.15) is 5.10 Å². The lowest BCUT2D eigenvalue weighted by Gasteiger charge is -2.30. The molecular weight excluding hydrogens is 552 g/mol. The van der Waals surface area contributed by atoms with Gasteiger partial charge in [0, 0.05) is 29.2 Å². The van der Waals surface area contributed by atoms with Gasteiger partial charge in [0.05, 0.1) is 11.2 Å². The zero-order chi connectivity index (χ0) is 31.3. The van der Waals surface area contributed by atoms with E-state index in [0.29, 0.717) is 22.4 Å². The van der Waals surface area contributed by atoms with Gasteiger partial charge in [0.15, 0.2) is 5.78 Å². The van der Waals surface area contributed by atoms with Crippen molar-refractivity contribution in [2.45, 2.75) is 32.4 Å². The van der Waals surface area contributed by atoms with Gasteiger partial charge in [0.25, 0.3) is 5.91 Å². The van der Waals surface area contributed by atoms with E-state index in [1.54, 1.807) is 81.4 Å². The van der Waals surface area contributed by atoms with Crippen LogP contribution < -0.4 is 5.32 Å². The first-order valence-corrected chi connectivity index (χ1v) is 14.3. The molecule has 0 aliphatic rings. The molecule has 1 unspecified atom stereocenters. The second-order valence-electron chi connectivity index (χ2n) is 11.4. The smallest absolute Gasteiger partial charge is 0.410 e. The van der Waals surface area contributed by atoms with Crippen molar-refractivity contribution in [1.82, 2.24) is 15.1 Å². The Labute approximate surface area is 256 Å². The summed E-state index contributed by atoms with van der Waals surface area (Å²) in [7, 11) is 1.53. The van der Waals surface area contributed by atoms with Crippen LogP contribution in [0.5, 0.6) is 0 Å². The first-order chi connectivity index (χ1) is 21.1. The van der Waals surface area contributed by atoms with Crippen LogP contribution in [0.1, 0.15) is 59.6 Å². The molecule has 1 heterocycles.